The first-order valence-corrected chi connectivity index (χ1v) is 6.67. The van der Waals surface area contributed by atoms with Crippen LogP contribution in [-0.4, -0.2) is 13.2 Å². The molecule has 0 radical (unpaired) electrons. The van der Waals surface area contributed by atoms with Crippen LogP contribution >= 0.6 is 0 Å². The molecule has 1 aromatic rings. The predicted octanol–water partition coefficient (Wildman–Crippen LogP) is 4.72. The summed E-state index contributed by atoms with van der Waals surface area (Å²) in [4.78, 5) is 0. The zero-order valence-corrected chi connectivity index (χ0v) is 11.3. The molecule has 1 heterocycles. The van der Waals surface area contributed by atoms with Crippen molar-refractivity contribution in [3.63, 3.8) is 0 Å². The highest BCUT2D eigenvalue weighted by Crippen LogP contribution is 2.35. The molecule has 1 saturated heterocycles. The van der Waals surface area contributed by atoms with Crippen LogP contribution in [0.25, 0.3) is 0 Å². The van der Waals surface area contributed by atoms with Crippen molar-refractivity contribution >= 4 is 0 Å². The maximum absolute atomic E-state index is 12.9. The van der Waals surface area contributed by atoms with Crippen molar-refractivity contribution in [3.05, 3.63) is 34.9 Å². The Hall–Kier alpha value is -1.03. The van der Waals surface area contributed by atoms with Crippen LogP contribution in [0.1, 0.15) is 55.2 Å². The SMILES string of the molecule is CC(C)c1cc(C2CCCOC2)cc(C(F)(F)F)c1. The van der Waals surface area contributed by atoms with E-state index in [4.69, 9.17) is 4.74 Å². The van der Waals surface area contributed by atoms with Gasteiger partial charge < -0.3 is 4.74 Å². The summed E-state index contributed by atoms with van der Waals surface area (Å²) in [5.41, 5.74) is 0.966. The first-order valence-electron chi connectivity index (χ1n) is 6.67. The summed E-state index contributed by atoms with van der Waals surface area (Å²) in [5, 5.41) is 0. The van der Waals surface area contributed by atoms with Crippen LogP contribution in [0.3, 0.4) is 0 Å². The highest BCUT2D eigenvalue weighted by Gasteiger charge is 2.32. The van der Waals surface area contributed by atoms with Crippen LogP contribution in [0.2, 0.25) is 0 Å². The summed E-state index contributed by atoms with van der Waals surface area (Å²) >= 11 is 0. The molecule has 19 heavy (non-hydrogen) atoms. The minimum absolute atomic E-state index is 0.0885. The molecule has 0 saturated carbocycles. The molecule has 0 amide bonds. The average Bonchev–Trinajstić information content (AvgIpc) is 2.38. The number of halogens is 3. The fraction of sp³-hybridized carbons (Fsp3) is 0.600. The van der Waals surface area contributed by atoms with E-state index in [-0.39, 0.29) is 11.8 Å². The van der Waals surface area contributed by atoms with Crippen LogP contribution in [-0.2, 0) is 10.9 Å². The molecule has 4 heteroatoms. The van der Waals surface area contributed by atoms with Gasteiger partial charge in [-0.1, -0.05) is 19.9 Å². The van der Waals surface area contributed by atoms with Crippen molar-refractivity contribution in [1.82, 2.24) is 0 Å². The zero-order valence-electron chi connectivity index (χ0n) is 11.3. The van der Waals surface area contributed by atoms with Gasteiger partial charge in [-0.2, -0.15) is 13.2 Å². The molecule has 0 N–H and O–H groups in total. The number of hydrogen-bond acceptors (Lipinski definition) is 1. The van der Waals surface area contributed by atoms with Gasteiger partial charge in [-0.25, -0.2) is 0 Å². The number of alkyl halides is 3. The Morgan fingerprint density at radius 2 is 1.95 bits per heavy atom. The van der Waals surface area contributed by atoms with Crippen molar-refractivity contribution in [2.24, 2.45) is 0 Å². The van der Waals surface area contributed by atoms with Crippen LogP contribution < -0.4 is 0 Å². The smallest absolute Gasteiger partial charge is 0.381 e. The second-order valence-corrected chi connectivity index (χ2v) is 5.45. The van der Waals surface area contributed by atoms with Gasteiger partial charge in [0, 0.05) is 12.5 Å². The molecule has 1 fully saturated rings. The molecule has 1 unspecified atom stereocenters. The summed E-state index contributed by atoms with van der Waals surface area (Å²) in [6, 6.07) is 4.45. The predicted molar refractivity (Wildman–Crippen MR) is 68.3 cm³/mol. The minimum atomic E-state index is -4.28. The fourth-order valence-corrected chi connectivity index (χ4v) is 2.41. The van der Waals surface area contributed by atoms with Crippen LogP contribution in [0, 0.1) is 0 Å². The topological polar surface area (TPSA) is 9.23 Å². The molecule has 1 aromatic carbocycles. The van der Waals surface area contributed by atoms with Crippen LogP contribution in [0.4, 0.5) is 13.2 Å². The molecule has 1 aliphatic heterocycles. The highest BCUT2D eigenvalue weighted by molar-refractivity contribution is 5.35. The van der Waals surface area contributed by atoms with E-state index in [0.717, 1.165) is 24.0 Å². The highest BCUT2D eigenvalue weighted by atomic mass is 19.4. The number of hydrogen-bond donors (Lipinski definition) is 0. The Balaban J connectivity index is 2.39. The van der Waals surface area contributed by atoms with Gasteiger partial charge in [-0.3, -0.25) is 0 Å². The zero-order chi connectivity index (χ0) is 14.0. The first kappa shape index (κ1) is 14.4. The molecule has 2 rings (SSSR count). The lowest BCUT2D eigenvalue weighted by Crippen LogP contribution is -2.17. The minimum Gasteiger partial charge on any atom is -0.381 e. The van der Waals surface area contributed by atoms with Crippen molar-refractivity contribution < 1.29 is 17.9 Å². The van der Waals surface area contributed by atoms with Crippen molar-refractivity contribution in [1.29, 1.82) is 0 Å². The third-order valence-corrected chi connectivity index (χ3v) is 3.60. The Labute approximate surface area is 111 Å². The molecule has 1 nitrogen and oxygen atoms in total. The standard InChI is InChI=1S/C15H19F3O/c1-10(2)12-6-13(11-4-3-5-19-9-11)8-14(7-12)15(16,17)18/h6-8,10-11H,3-5,9H2,1-2H3. The van der Waals surface area contributed by atoms with E-state index in [1.165, 1.54) is 12.1 Å². The molecule has 106 valence electrons. The second kappa shape index (κ2) is 5.53. The molecule has 1 atom stereocenters. The largest absolute Gasteiger partial charge is 0.416 e. The van der Waals surface area contributed by atoms with Gasteiger partial charge >= 0.3 is 6.18 Å². The average molecular weight is 272 g/mol. The number of benzene rings is 1. The monoisotopic (exact) mass is 272 g/mol. The lowest BCUT2D eigenvalue weighted by Gasteiger charge is -2.24. The van der Waals surface area contributed by atoms with Gasteiger partial charge in [0.2, 0.25) is 0 Å². The van der Waals surface area contributed by atoms with Gasteiger partial charge in [0.1, 0.15) is 0 Å². The molecule has 0 aromatic heterocycles. The molecular weight excluding hydrogens is 253 g/mol. The Kier molecular flexibility index (Phi) is 4.19. The van der Waals surface area contributed by atoms with Gasteiger partial charge in [0.15, 0.2) is 0 Å². The Morgan fingerprint density at radius 1 is 1.21 bits per heavy atom. The van der Waals surface area contributed by atoms with Crippen LogP contribution in [0.15, 0.2) is 18.2 Å². The van der Waals surface area contributed by atoms with Crippen molar-refractivity contribution in [3.8, 4) is 0 Å². The van der Waals surface area contributed by atoms with E-state index < -0.39 is 11.7 Å². The quantitative estimate of drug-likeness (QED) is 0.756. The molecule has 1 aliphatic rings. The summed E-state index contributed by atoms with van der Waals surface area (Å²) in [6.45, 7) is 5.07. The fourth-order valence-electron chi connectivity index (χ4n) is 2.41. The molecule has 0 spiro atoms. The third kappa shape index (κ3) is 3.50. The summed E-state index contributed by atoms with van der Waals surface area (Å²) in [5.74, 6) is 0.180. The molecule has 0 aliphatic carbocycles. The Bertz CT molecular complexity index is 432. The van der Waals surface area contributed by atoms with E-state index in [1.807, 2.05) is 19.9 Å². The summed E-state index contributed by atoms with van der Waals surface area (Å²) in [7, 11) is 0. The lowest BCUT2D eigenvalue weighted by atomic mass is 9.88. The van der Waals surface area contributed by atoms with Gasteiger partial charge in [-0.15, -0.1) is 0 Å². The summed E-state index contributed by atoms with van der Waals surface area (Å²) < 4.78 is 44.2. The summed E-state index contributed by atoms with van der Waals surface area (Å²) in [6.07, 6.45) is -2.47. The lowest BCUT2D eigenvalue weighted by molar-refractivity contribution is -0.137. The molecular formula is C15H19F3O. The van der Waals surface area contributed by atoms with Gasteiger partial charge in [0.25, 0.3) is 0 Å². The van der Waals surface area contributed by atoms with Crippen LogP contribution in [0.5, 0.6) is 0 Å². The Morgan fingerprint density at radius 3 is 2.47 bits per heavy atom. The maximum atomic E-state index is 12.9. The normalized spacial score (nSPS) is 20.8. The van der Waals surface area contributed by atoms with E-state index in [1.54, 1.807) is 0 Å². The van der Waals surface area contributed by atoms with Crippen molar-refractivity contribution in [2.75, 3.05) is 13.2 Å². The van der Waals surface area contributed by atoms with Gasteiger partial charge in [-0.05, 0) is 42.0 Å². The van der Waals surface area contributed by atoms with E-state index in [0.29, 0.717) is 13.2 Å². The maximum Gasteiger partial charge on any atom is 0.416 e. The third-order valence-electron chi connectivity index (χ3n) is 3.60. The van der Waals surface area contributed by atoms with E-state index in [2.05, 4.69) is 0 Å². The van der Waals surface area contributed by atoms with Gasteiger partial charge in [0.05, 0.1) is 12.2 Å². The number of ether oxygens (including phenoxy) is 1. The second-order valence-electron chi connectivity index (χ2n) is 5.45. The first-order chi connectivity index (χ1) is 8.88. The van der Waals surface area contributed by atoms with E-state index >= 15 is 0 Å². The van der Waals surface area contributed by atoms with E-state index in [9.17, 15) is 13.2 Å². The number of rotatable bonds is 2. The molecule has 0 bridgehead atoms. The van der Waals surface area contributed by atoms with Crippen molar-refractivity contribution in [2.45, 2.75) is 44.7 Å².